The molecule has 0 fully saturated rings. The summed E-state index contributed by atoms with van der Waals surface area (Å²) < 4.78 is 15.8. The second-order valence-corrected chi connectivity index (χ2v) is 5.10. The predicted molar refractivity (Wildman–Crippen MR) is 86.7 cm³/mol. The molecule has 118 valence electrons. The second kappa shape index (κ2) is 8.29. The maximum absolute atomic E-state index is 5.29. The van der Waals surface area contributed by atoms with Crippen LogP contribution in [0.2, 0.25) is 0 Å². The van der Waals surface area contributed by atoms with Crippen LogP contribution in [-0.4, -0.2) is 27.9 Å². The molecule has 2 aromatic carbocycles. The Morgan fingerprint density at radius 3 is 2.05 bits per heavy atom. The van der Waals surface area contributed by atoms with Gasteiger partial charge < -0.3 is 19.5 Å². The monoisotopic (exact) mass is 302 g/mol. The molecule has 2 rings (SSSR count). The van der Waals surface area contributed by atoms with E-state index in [-0.39, 0.29) is 0 Å². The van der Waals surface area contributed by atoms with Crippen LogP contribution >= 0.6 is 0 Å². The molecule has 0 radical (unpaired) electrons. The van der Waals surface area contributed by atoms with E-state index in [1.807, 2.05) is 30.3 Å². The number of rotatable bonds is 8. The van der Waals surface area contributed by atoms with Gasteiger partial charge in [-0.25, -0.2) is 0 Å². The lowest BCUT2D eigenvalue weighted by Gasteiger charge is -2.08. The molecule has 0 aliphatic heterocycles. The molecule has 4 nitrogen and oxygen atoms in total. The van der Waals surface area contributed by atoms with Gasteiger partial charge >= 0.3 is 0 Å². The first-order valence-corrected chi connectivity index (χ1v) is 7.41. The van der Waals surface area contributed by atoms with Gasteiger partial charge in [-0.1, -0.05) is 12.1 Å². The van der Waals surface area contributed by atoms with Crippen molar-refractivity contribution in [1.29, 1.82) is 0 Å². The van der Waals surface area contributed by atoms with Gasteiger partial charge in [0.15, 0.2) is 0 Å². The highest BCUT2D eigenvalue weighted by Gasteiger charge is 2.04. The van der Waals surface area contributed by atoms with Crippen LogP contribution in [-0.2, 0) is 13.0 Å². The number of nitrogens with two attached hydrogens (primary N) is 1. The molecule has 2 aromatic rings. The molecule has 0 aliphatic rings. The number of hydrogen-bond donors (Lipinski definition) is 1. The number of methoxy groups -OCH3 is 3. The molecule has 0 atom stereocenters. The van der Waals surface area contributed by atoms with Crippen LogP contribution in [0.3, 0.4) is 0 Å². The van der Waals surface area contributed by atoms with Crippen molar-refractivity contribution in [2.45, 2.75) is 13.0 Å². The van der Waals surface area contributed by atoms with Crippen molar-refractivity contribution in [2.24, 2.45) is 0 Å². The van der Waals surface area contributed by atoms with Crippen molar-refractivity contribution >= 4 is 0 Å². The number of ether oxygens (including phenoxy) is 3. The lowest BCUT2D eigenvalue weighted by molar-refractivity contribution is -0.670. The van der Waals surface area contributed by atoms with Crippen molar-refractivity contribution in [3.05, 3.63) is 53.6 Å². The van der Waals surface area contributed by atoms with Crippen LogP contribution in [0.25, 0.3) is 0 Å². The van der Waals surface area contributed by atoms with E-state index in [0.29, 0.717) is 0 Å². The molecule has 0 amide bonds. The molecule has 0 spiro atoms. The molecule has 0 saturated heterocycles. The summed E-state index contributed by atoms with van der Waals surface area (Å²) in [6, 6.07) is 14.2. The average Bonchev–Trinajstić information content (AvgIpc) is 2.58. The molecule has 0 aliphatic carbocycles. The third-order valence-electron chi connectivity index (χ3n) is 3.56. The molecule has 0 bridgehead atoms. The first-order chi connectivity index (χ1) is 10.7. The molecule has 2 N–H and O–H groups in total. The fourth-order valence-electron chi connectivity index (χ4n) is 2.35. The molecular formula is C18H24NO3+. The van der Waals surface area contributed by atoms with E-state index in [1.165, 1.54) is 11.1 Å². The molecule has 0 unspecified atom stereocenters. The quantitative estimate of drug-likeness (QED) is 0.759. The number of benzene rings is 2. The van der Waals surface area contributed by atoms with Crippen molar-refractivity contribution in [3.63, 3.8) is 0 Å². The highest BCUT2D eigenvalue weighted by Crippen LogP contribution is 2.21. The van der Waals surface area contributed by atoms with E-state index >= 15 is 0 Å². The number of quaternary nitrogens is 1. The van der Waals surface area contributed by atoms with E-state index in [9.17, 15) is 0 Å². The minimum atomic E-state index is 0.829. The Bertz CT molecular complexity index is 576. The van der Waals surface area contributed by atoms with Crippen LogP contribution in [0.15, 0.2) is 42.5 Å². The summed E-state index contributed by atoms with van der Waals surface area (Å²) in [4.78, 5) is 0. The van der Waals surface area contributed by atoms with Crippen LogP contribution in [0.4, 0.5) is 0 Å². The van der Waals surface area contributed by atoms with Crippen LogP contribution < -0.4 is 19.5 Å². The standard InChI is InChI=1S/C18H23NO3/c1-20-16-6-4-5-14(9-16)7-8-19-13-15-10-17(21-2)12-18(11-15)22-3/h4-6,9-12,19H,7-8,13H2,1-3H3/p+1. The van der Waals surface area contributed by atoms with Crippen LogP contribution in [0.1, 0.15) is 11.1 Å². The Labute approximate surface area is 132 Å². The normalized spacial score (nSPS) is 10.3. The number of hydrogen-bond acceptors (Lipinski definition) is 3. The fraction of sp³-hybridized carbons (Fsp3) is 0.333. The first kappa shape index (κ1) is 16.2. The summed E-state index contributed by atoms with van der Waals surface area (Å²) in [6.45, 7) is 1.92. The smallest absolute Gasteiger partial charge is 0.123 e. The van der Waals surface area contributed by atoms with Crippen LogP contribution in [0.5, 0.6) is 17.2 Å². The summed E-state index contributed by atoms with van der Waals surface area (Å²) in [5.41, 5.74) is 2.49. The lowest BCUT2D eigenvalue weighted by Crippen LogP contribution is -2.83. The molecule has 0 heterocycles. The van der Waals surface area contributed by atoms with Gasteiger partial charge in [-0.05, 0) is 29.8 Å². The zero-order valence-corrected chi connectivity index (χ0v) is 13.5. The summed E-state index contributed by atoms with van der Waals surface area (Å²) in [5.74, 6) is 2.57. The van der Waals surface area contributed by atoms with E-state index in [2.05, 4.69) is 17.4 Å². The van der Waals surface area contributed by atoms with Crippen LogP contribution in [0, 0.1) is 0 Å². The fourth-order valence-corrected chi connectivity index (χ4v) is 2.35. The lowest BCUT2D eigenvalue weighted by atomic mass is 10.1. The van der Waals surface area contributed by atoms with Gasteiger partial charge in [-0.15, -0.1) is 0 Å². The van der Waals surface area contributed by atoms with E-state index in [4.69, 9.17) is 14.2 Å². The van der Waals surface area contributed by atoms with Gasteiger partial charge in [0, 0.05) is 18.1 Å². The Morgan fingerprint density at radius 1 is 0.773 bits per heavy atom. The molecular weight excluding hydrogens is 278 g/mol. The first-order valence-electron chi connectivity index (χ1n) is 7.41. The zero-order valence-electron chi connectivity index (χ0n) is 13.5. The highest BCUT2D eigenvalue weighted by molar-refractivity contribution is 5.38. The minimum absolute atomic E-state index is 0.829. The van der Waals surface area contributed by atoms with Crippen molar-refractivity contribution in [2.75, 3.05) is 27.9 Å². The third-order valence-corrected chi connectivity index (χ3v) is 3.56. The molecule has 0 aromatic heterocycles. The van der Waals surface area contributed by atoms with Gasteiger partial charge in [-0.2, -0.15) is 0 Å². The molecule has 22 heavy (non-hydrogen) atoms. The largest absolute Gasteiger partial charge is 0.497 e. The van der Waals surface area contributed by atoms with E-state index < -0.39 is 0 Å². The highest BCUT2D eigenvalue weighted by atomic mass is 16.5. The maximum Gasteiger partial charge on any atom is 0.123 e. The second-order valence-electron chi connectivity index (χ2n) is 5.10. The maximum atomic E-state index is 5.29. The SMILES string of the molecule is COc1cccc(CC[NH2+]Cc2cc(OC)cc(OC)c2)c1. The van der Waals surface area contributed by atoms with Gasteiger partial charge in [-0.3, -0.25) is 0 Å². The summed E-state index contributed by atoms with van der Waals surface area (Å²) in [6.07, 6.45) is 1.01. The third kappa shape index (κ3) is 4.67. The van der Waals surface area contributed by atoms with Crippen molar-refractivity contribution in [3.8, 4) is 17.2 Å². The topological polar surface area (TPSA) is 44.3 Å². The van der Waals surface area contributed by atoms with E-state index in [1.54, 1.807) is 21.3 Å². The van der Waals surface area contributed by atoms with Crippen molar-refractivity contribution < 1.29 is 19.5 Å². The summed E-state index contributed by atoms with van der Waals surface area (Å²) in [5, 5.41) is 2.29. The summed E-state index contributed by atoms with van der Waals surface area (Å²) >= 11 is 0. The zero-order chi connectivity index (χ0) is 15.8. The average molecular weight is 302 g/mol. The molecule has 0 saturated carbocycles. The van der Waals surface area contributed by atoms with Gasteiger partial charge in [0.25, 0.3) is 0 Å². The Morgan fingerprint density at radius 2 is 1.41 bits per heavy atom. The predicted octanol–water partition coefficient (Wildman–Crippen LogP) is 2.02. The van der Waals surface area contributed by atoms with Gasteiger partial charge in [0.05, 0.1) is 27.9 Å². The minimum Gasteiger partial charge on any atom is -0.497 e. The summed E-state index contributed by atoms with van der Waals surface area (Å²) in [7, 11) is 5.04. The van der Waals surface area contributed by atoms with Gasteiger partial charge in [0.1, 0.15) is 23.8 Å². The Balaban J connectivity index is 1.85. The molecule has 4 heteroatoms. The van der Waals surface area contributed by atoms with Crippen molar-refractivity contribution in [1.82, 2.24) is 0 Å². The Kier molecular flexibility index (Phi) is 6.10. The van der Waals surface area contributed by atoms with Gasteiger partial charge in [0.2, 0.25) is 0 Å². The van der Waals surface area contributed by atoms with E-state index in [0.717, 1.165) is 36.8 Å². The Hall–Kier alpha value is -2.20.